The van der Waals surface area contributed by atoms with Gasteiger partial charge in [0.2, 0.25) is 5.91 Å². The van der Waals surface area contributed by atoms with E-state index < -0.39 is 0 Å². The van der Waals surface area contributed by atoms with Crippen molar-refractivity contribution in [2.24, 2.45) is 0 Å². The summed E-state index contributed by atoms with van der Waals surface area (Å²) < 4.78 is 1.14. The highest BCUT2D eigenvalue weighted by atomic mass is 127. The topological polar surface area (TPSA) is 20.3 Å². The minimum absolute atomic E-state index is 0.137. The van der Waals surface area contributed by atoms with Gasteiger partial charge in [0.05, 0.1) is 5.69 Å². The van der Waals surface area contributed by atoms with Gasteiger partial charge in [0.15, 0.2) is 0 Å². The van der Waals surface area contributed by atoms with Gasteiger partial charge in [0, 0.05) is 17.0 Å². The number of nitrogens with zero attached hydrogens (tertiary/aromatic N) is 1. The Kier molecular flexibility index (Phi) is 8.10. The molecule has 0 unspecified atom stereocenters. The van der Waals surface area contributed by atoms with Crippen LogP contribution >= 0.6 is 22.6 Å². The van der Waals surface area contributed by atoms with E-state index in [0.29, 0.717) is 0 Å². The molecule has 1 aromatic carbocycles. The summed E-state index contributed by atoms with van der Waals surface area (Å²) in [6.45, 7) is 4.72. The zero-order chi connectivity index (χ0) is 14.1. The van der Waals surface area contributed by atoms with Crippen LogP contribution in [0.1, 0.15) is 52.4 Å². The Morgan fingerprint density at radius 3 is 2.37 bits per heavy atom. The lowest BCUT2D eigenvalue weighted by Crippen LogP contribution is -2.30. The maximum Gasteiger partial charge on any atom is 0.223 e. The monoisotopic (exact) mass is 373 g/mol. The molecule has 0 aliphatic heterocycles. The summed E-state index contributed by atoms with van der Waals surface area (Å²) in [5.41, 5.74) is 1.05. The fourth-order valence-electron chi connectivity index (χ4n) is 2.17. The molecule has 2 nitrogen and oxygen atoms in total. The average Bonchev–Trinajstić information content (AvgIpc) is 2.39. The van der Waals surface area contributed by atoms with Crippen molar-refractivity contribution >= 4 is 34.2 Å². The molecule has 19 heavy (non-hydrogen) atoms. The molecule has 0 N–H and O–H groups in total. The van der Waals surface area contributed by atoms with Gasteiger partial charge in [-0.2, -0.15) is 0 Å². The van der Waals surface area contributed by atoms with E-state index in [4.69, 9.17) is 0 Å². The molecule has 0 fully saturated rings. The molecular formula is C16H24INO. The number of rotatable bonds is 8. The summed E-state index contributed by atoms with van der Waals surface area (Å²) in [4.78, 5) is 13.7. The third-order valence-corrected chi connectivity index (χ3v) is 4.17. The van der Waals surface area contributed by atoms with Gasteiger partial charge >= 0.3 is 0 Å². The summed E-state index contributed by atoms with van der Waals surface area (Å²) in [7, 11) is 0. The van der Waals surface area contributed by atoms with Crippen molar-refractivity contribution < 1.29 is 4.79 Å². The summed E-state index contributed by atoms with van der Waals surface area (Å²) in [5.74, 6) is 0.137. The molecule has 0 aliphatic carbocycles. The fraction of sp³-hybridized carbons (Fsp3) is 0.562. The Labute approximate surface area is 130 Å². The number of unbranched alkanes of at least 4 members (excludes halogenated alkanes) is 5. The molecule has 1 aromatic rings. The van der Waals surface area contributed by atoms with E-state index in [1.165, 1.54) is 32.1 Å². The smallest absolute Gasteiger partial charge is 0.223 e. The number of benzene rings is 1. The van der Waals surface area contributed by atoms with Gasteiger partial charge in [-0.15, -0.1) is 0 Å². The standard InChI is InChI=1S/C16H24INO/c1-3-4-5-6-7-10-13-18(14(2)19)16-12-9-8-11-15(16)17/h8-9,11-12H,3-7,10,13H2,1-2H3. The number of anilines is 1. The Morgan fingerprint density at radius 1 is 1.11 bits per heavy atom. The van der Waals surface area contributed by atoms with Crippen LogP contribution in [-0.4, -0.2) is 12.5 Å². The predicted octanol–water partition coefficient (Wildman–Crippen LogP) is 5.00. The molecule has 0 aliphatic rings. The van der Waals surface area contributed by atoms with E-state index in [9.17, 15) is 4.79 Å². The number of hydrogen-bond donors (Lipinski definition) is 0. The summed E-state index contributed by atoms with van der Waals surface area (Å²) in [6, 6.07) is 8.08. The van der Waals surface area contributed by atoms with Crippen LogP contribution in [0.15, 0.2) is 24.3 Å². The normalized spacial score (nSPS) is 10.5. The first-order valence-corrected chi connectivity index (χ1v) is 8.27. The van der Waals surface area contributed by atoms with Crippen molar-refractivity contribution in [2.45, 2.75) is 52.4 Å². The lowest BCUT2D eigenvalue weighted by atomic mass is 10.1. The zero-order valence-corrected chi connectivity index (χ0v) is 14.2. The van der Waals surface area contributed by atoms with Gasteiger partial charge in [-0.1, -0.05) is 51.2 Å². The van der Waals surface area contributed by atoms with Crippen LogP contribution in [0.4, 0.5) is 5.69 Å². The van der Waals surface area contributed by atoms with Gasteiger partial charge < -0.3 is 4.90 Å². The van der Waals surface area contributed by atoms with Gasteiger partial charge in [-0.25, -0.2) is 0 Å². The Bertz CT molecular complexity index is 392. The van der Waals surface area contributed by atoms with E-state index in [-0.39, 0.29) is 5.91 Å². The lowest BCUT2D eigenvalue weighted by molar-refractivity contribution is -0.116. The molecule has 0 atom stereocenters. The number of halogens is 1. The Balaban J connectivity index is 2.46. The van der Waals surface area contributed by atoms with Crippen molar-refractivity contribution in [2.75, 3.05) is 11.4 Å². The summed E-state index contributed by atoms with van der Waals surface area (Å²) in [5, 5.41) is 0. The molecule has 0 saturated carbocycles. The molecule has 0 spiro atoms. The van der Waals surface area contributed by atoms with Crippen LogP contribution < -0.4 is 4.90 Å². The van der Waals surface area contributed by atoms with Crippen molar-refractivity contribution in [3.05, 3.63) is 27.8 Å². The maximum absolute atomic E-state index is 11.8. The molecule has 106 valence electrons. The first kappa shape index (κ1) is 16.5. The number of amides is 1. The van der Waals surface area contributed by atoms with Crippen LogP contribution in [0.5, 0.6) is 0 Å². The van der Waals surface area contributed by atoms with Gasteiger partial charge in [-0.3, -0.25) is 4.79 Å². The van der Waals surface area contributed by atoms with Gasteiger partial charge in [0.25, 0.3) is 0 Å². The first-order chi connectivity index (χ1) is 9.16. The van der Waals surface area contributed by atoms with E-state index in [1.54, 1.807) is 6.92 Å². The fourth-order valence-corrected chi connectivity index (χ4v) is 2.85. The van der Waals surface area contributed by atoms with Crippen LogP contribution in [0.25, 0.3) is 0 Å². The van der Waals surface area contributed by atoms with E-state index in [2.05, 4.69) is 29.5 Å². The highest BCUT2D eigenvalue weighted by Crippen LogP contribution is 2.22. The Morgan fingerprint density at radius 2 is 1.74 bits per heavy atom. The lowest BCUT2D eigenvalue weighted by Gasteiger charge is -2.22. The number of para-hydroxylation sites is 1. The van der Waals surface area contributed by atoms with Crippen LogP contribution in [-0.2, 0) is 4.79 Å². The van der Waals surface area contributed by atoms with E-state index in [1.807, 2.05) is 29.2 Å². The minimum atomic E-state index is 0.137. The average molecular weight is 373 g/mol. The summed E-state index contributed by atoms with van der Waals surface area (Å²) >= 11 is 2.29. The largest absolute Gasteiger partial charge is 0.312 e. The highest BCUT2D eigenvalue weighted by Gasteiger charge is 2.13. The second-order valence-electron chi connectivity index (χ2n) is 4.89. The highest BCUT2D eigenvalue weighted by molar-refractivity contribution is 14.1. The van der Waals surface area contributed by atoms with Crippen molar-refractivity contribution in [3.63, 3.8) is 0 Å². The van der Waals surface area contributed by atoms with E-state index in [0.717, 1.165) is 22.2 Å². The second-order valence-corrected chi connectivity index (χ2v) is 6.05. The second kappa shape index (κ2) is 9.34. The van der Waals surface area contributed by atoms with E-state index >= 15 is 0 Å². The third-order valence-electron chi connectivity index (χ3n) is 3.26. The molecule has 0 aromatic heterocycles. The molecule has 0 saturated heterocycles. The molecule has 1 amide bonds. The maximum atomic E-state index is 11.8. The minimum Gasteiger partial charge on any atom is -0.312 e. The molecular weight excluding hydrogens is 349 g/mol. The number of carbonyl (C=O) groups is 1. The molecule has 3 heteroatoms. The number of hydrogen-bond acceptors (Lipinski definition) is 1. The first-order valence-electron chi connectivity index (χ1n) is 7.19. The molecule has 0 bridgehead atoms. The quantitative estimate of drug-likeness (QED) is 0.464. The molecule has 0 heterocycles. The third kappa shape index (κ3) is 5.93. The predicted molar refractivity (Wildman–Crippen MR) is 90.6 cm³/mol. The molecule has 0 radical (unpaired) electrons. The zero-order valence-electron chi connectivity index (χ0n) is 12.0. The van der Waals surface area contributed by atoms with Crippen LogP contribution in [0.2, 0.25) is 0 Å². The SMILES string of the molecule is CCCCCCCCN(C(C)=O)c1ccccc1I. The number of carbonyl (C=O) groups excluding carboxylic acids is 1. The van der Waals surface area contributed by atoms with Crippen molar-refractivity contribution in [1.82, 2.24) is 0 Å². The Hall–Kier alpha value is -0.580. The van der Waals surface area contributed by atoms with Crippen molar-refractivity contribution in [3.8, 4) is 0 Å². The van der Waals surface area contributed by atoms with Gasteiger partial charge in [-0.05, 0) is 41.1 Å². The van der Waals surface area contributed by atoms with Crippen LogP contribution in [0.3, 0.4) is 0 Å². The summed E-state index contributed by atoms with van der Waals surface area (Å²) in [6.07, 6.45) is 7.52. The van der Waals surface area contributed by atoms with Crippen LogP contribution in [0, 0.1) is 3.57 Å². The molecule has 1 rings (SSSR count). The van der Waals surface area contributed by atoms with Gasteiger partial charge in [0.1, 0.15) is 0 Å². The van der Waals surface area contributed by atoms with Crippen molar-refractivity contribution in [1.29, 1.82) is 0 Å².